The Morgan fingerprint density at radius 1 is 0.977 bits per heavy atom. The minimum Gasteiger partial charge on any atom is -0.439 e. The Labute approximate surface area is 268 Å². The topological polar surface area (TPSA) is 90.4 Å². The molecule has 2 heterocycles. The minimum absolute atomic E-state index is 0.0324. The molecular formula is C32H38Cl3N3O5. The quantitative estimate of drug-likeness (QED) is 0.394. The third kappa shape index (κ3) is 7.48. The molecule has 2 bridgehead atoms. The van der Waals surface area contributed by atoms with E-state index in [2.05, 4.69) is 0 Å². The number of ether oxygens (including phenoxy) is 1. The number of halogens is 3. The van der Waals surface area contributed by atoms with Gasteiger partial charge in [0, 0.05) is 45.8 Å². The fourth-order valence-corrected chi connectivity index (χ4v) is 5.68. The van der Waals surface area contributed by atoms with Gasteiger partial charge in [0.05, 0.1) is 12.1 Å². The number of nitrogens with zero attached hydrogens (tertiary/aromatic N) is 3. The number of amides is 3. The van der Waals surface area contributed by atoms with Crippen LogP contribution >= 0.6 is 34.8 Å². The van der Waals surface area contributed by atoms with Gasteiger partial charge in [-0.15, -0.1) is 0 Å². The summed E-state index contributed by atoms with van der Waals surface area (Å²) in [6, 6.07) is 16.4. The molecule has 232 valence electrons. The van der Waals surface area contributed by atoms with Crippen molar-refractivity contribution in [3.05, 3.63) is 76.9 Å². The van der Waals surface area contributed by atoms with Crippen LogP contribution in [0.5, 0.6) is 0 Å². The fourth-order valence-electron chi connectivity index (χ4n) is 5.57. The summed E-state index contributed by atoms with van der Waals surface area (Å²) >= 11 is 18.4. The molecule has 11 heteroatoms. The largest absolute Gasteiger partial charge is 0.439 e. The van der Waals surface area contributed by atoms with Crippen LogP contribution in [0.1, 0.15) is 43.9 Å². The molecular weight excluding hydrogens is 613 g/mol. The molecule has 0 radical (unpaired) electrons. The molecule has 2 aromatic carbocycles. The Bertz CT molecular complexity index is 1360. The van der Waals surface area contributed by atoms with E-state index in [1.54, 1.807) is 21.7 Å². The van der Waals surface area contributed by atoms with Crippen molar-refractivity contribution in [3.8, 4) is 0 Å². The van der Waals surface area contributed by atoms with Crippen molar-refractivity contribution in [3.63, 3.8) is 0 Å². The van der Waals surface area contributed by atoms with Gasteiger partial charge in [-0.25, -0.2) is 4.79 Å². The maximum absolute atomic E-state index is 14.4. The van der Waals surface area contributed by atoms with Crippen LogP contribution in [0.15, 0.2) is 60.2 Å². The molecule has 1 fully saturated rings. The van der Waals surface area contributed by atoms with Gasteiger partial charge >= 0.3 is 6.09 Å². The lowest BCUT2D eigenvalue weighted by Gasteiger charge is -2.51. The second-order valence-electron chi connectivity index (χ2n) is 11.6. The summed E-state index contributed by atoms with van der Waals surface area (Å²) in [7, 11) is 1.74. The summed E-state index contributed by atoms with van der Waals surface area (Å²) in [6.07, 6.45) is 0.767. The Hall–Kier alpha value is -2.78. The number of hydrogen-bond donors (Lipinski definition) is 1. The summed E-state index contributed by atoms with van der Waals surface area (Å²) in [5, 5.41) is 9.37. The van der Waals surface area contributed by atoms with Crippen molar-refractivity contribution in [2.24, 2.45) is 0 Å². The molecule has 2 aliphatic heterocycles. The third-order valence-corrected chi connectivity index (χ3v) is 9.56. The highest BCUT2D eigenvalue weighted by Crippen LogP contribution is 2.43. The number of benzene rings is 2. The molecule has 1 saturated heterocycles. The molecule has 0 aliphatic carbocycles. The Morgan fingerprint density at radius 2 is 1.60 bits per heavy atom. The van der Waals surface area contributed by atoms with E-state index in [9.17, 15) is 19.5 Å². The maximum atomic E-state index is 14.4. The predicted molar refractivity (Wildman–Crippen MR) is 169 cm³/mol. The van der Waals surface area contributed by atoms with E-state index in [-0.39, 0.29) is 31.5 Å². The molecule has 0 aromatic heterocycles. The molecule has 2 aliphatic rings. The summed E-state index contributed by atoms with van der Waals surface area (Å²) in [5.41, 5.74) is 2.69. The van der Waals surface area contributed by atoms with Crippen molar-refractivity contribution in [2.45, 2.75) is 61.5 Å². The molecule has 8 nitrogen and oxygen atoms in total. The molecule has 0 spiro atoms. The van der Waals surface area contributed by atoms with Gasteiger partial charge in [0.15, 0.2) is 5.60 Å². The molecule has 3 amide bonds. The van der Waals surface area contributed by atoms with Crippen molar-refractivity contribution < 1.29 is 24.2 Å². The van der Waals surface area contributed by atoms with Crippen molar-refractivity contribution in [2.75, 3.05) is 33.3 Å². The van der Waals surface area contributed by atoms with Crippen LogP contribution in [-0.4, -0.2) is 92.5 Å². The van der Waals surface area contributed by atoms with Gasteiger partial charge in [-0.05, 0) is 55.4 Å². The second kappa shape index (κ2) is 13.5. The first-order chi connectivity index (χ1) is 20.2. The van der Waals surface area contributed by atoms with E-state index >= 15 is 0 Å². The van der Waals surface area contributed by atoms with E-state index < -0.39 is 27.6 Å². The van der Waals surface area contributed by atoms with Gasteiger partial charge in [0.1, 0.15) is 0 Å². The summed E-state index contributed by atoms with van der Waals surface area (Å²) < 4.78 is 3.87. The van der Waals surface area contributed by atoms with E-state index in [4.69, 9.17) is 39.5 Å². The number of likely N-dealkylation sites (N-methyl/N-ethyl adjacent to an activating group) is 1. The normalized spacial score (nSPS) is 18.9. The number of hydrogen-bond acceptors (Lipinski definition) is 5. The van der Waals surface area contributed by atoms with Crippen LogP contribution < -0.4 is 0 Å². The van der Waals surface area contributed by atoms with E-state index in [1.165, 1.54) is 20.8 Å². The lowest BCUT2D eigenvalue weighted by molar-refractivity contribution is -0.135. The highest BCUT2D eigenvalue weighted by molar-refractivity contribution is 6.68. The zero-order valence-electron chi connectivity index (χ0n) is 24.9. The van der Waals surface area contributed by atoms with Crippen LogP contribution in [0, 0.1) is 0 Å². The number of carbonyl (C=O) groups is 3. The highest BCUT2D eigenvalue weighted by Gasteiger charge is 2.51. The average molecular weight is 651 g/mol. The van der Waals surface area contributed by atoms with E-state index in [1.807, 2.05) is 54.6 Å². The van der Waals surface area contributed by atoms with Gasteiger partial charge in [-0.3, -0.25) is 14.5 Å². The average Bonchev–Trinajstić information content (AvgIpc) is 2.95. The van der Waals surface area contributed by atoms with Gasteiger partial charge in [-0.1, -0.05) is 89.4 Å². The first-order valence-electron chi connectivity index (χ1n) is 14.3. The number of fused-ring (bicyclic) bond motifs is 2. The molecule has 2 aromatic rings. The Morgan fingerprint density at radius 3 is 2.19 bits per heavy atom. The smallest absolute Gasteiger partial charge is 0.411 e. The first-order valence-corrected chi connectivity index (χ1v) is 15.4. The molecule has 43 heavy (non-hydrogen) atoms. The van der Waals surface area contributed by atoms with Gasteiger partial charge < -0.3 is 19.6 Å². The molecule has 4 rings (SSSR count). The standard InChI is InChI=1S/C32H38Cl3N3O5/c1-21(40)37-19-25-18-26(24-12-10-23(11-13-24)15-17-39)28(29(41)36(4)16-14-22-8-6-5-7-9-22)27(20-37)38(25)30(42)43-31(2,3)32(33,34)35/h5-13,25,27,39H,14-20H2,1-4H3. The van der Waals surface area contributed by atoms with Crippen molar-refractivity contribution >= 4 is 58.3 Å². The first kappa shape index (κ1) is 33.1. The summed E-state index contributed by atoms with van der Waals surface area (Å²) in [4.78, 5) is 45.6. The lowest BCUT2D eigenvalue weighted by Crippen LogP contribution is -2.65. The van der Waals surface area contributed by atoms with E-state index in [0.717, 1.165) is 22.3 Å². The van der Waals surface area contributed by atoms with Crippen LogP contribution in [-0.2, 0) is 27.2 Å². The number of piperazine rings is 1. The molecule has 2 unspecified atom stereocenters. The lowest BCUT2D eigenvalue weighted by atomic mass is 9.81. The number of carbonyl (C=O) groups excluding carboxylic acids is 3. The highest BCUT2D eigenvalue weighted by atomic mass is 35.6. The van der Waals surface area contributed by atoms with Crippen LogP contribution in [0.25, 0.3) is 5.57 Å². The zero-order chi connectivity index (χ0) is 31.5. The summed E-state index contributed by atoms with van der Waals surface area (Å²) in [6.45, 7) is 5.38. The van der Waals surface area contributed by atoms with E-state index in [0.29, 0.717) is 31.4 Å². The van der Waals surface area contributed by atoms with Crippen LogP contribution in [0.4, 0.5) is 4.79 Å². The zero-order valence-corrected chi connectivity index (χ0v) is 27.1. The number of aliphatic hydroxyl groups excluding tert-OH is 1. The SMILES string of the molecule is CC(=O)N1CC2CC(c3ccc(CCO)cc3)=C(C(=O)N(C)CCc3ccccc3)C(C1)N2C(=O)OC(C)(C)C(Cl)(Cl)Cl. The Balaban J connectivity index is 1.78. The van der Waals surface area contributed by atoms with Gasteiger partial charge in [-0.2, -0.15) is 0 Å². The Kier molecular flexibility index (Phi) is 10.4. The van der Waals surface area contributed by atoms with Gasteiger partial charge in [0.25, 0.3) is 5.91 Å². The van der Waals surface area contributed by atoms with Crippen molar-refractivity contribution in [1.82, 2.24) is 14.7 Å². The molecule has 1 N–H and O–H groups in total. The second-order valence-corrected chi connectivity index (χ2v) is 13.9. The minimum atomic E-state index is -1.90. The molecule has 0 saturated carbocycles. The van der Waals surface area contributed by atoms with Crippen molar-refractivity contribution in [1.29, 1.82) is 0 Å². The molecule has 2 atom stereocenters. The number of rotatable bonds is 8. The third-order valence-electron chi connectivity index (χ3n) is 8.19. The number of aliphatic hydroxyl groups is 1. The monoisotopic (exact) mass is 649 g/mol. The fraction of sp³-hybridized carbons (Fsp3) is 0.469. The predicted octanol–water partition coefficient (Wildman–Crippen LogP) is 5.27. The number of alkyl halides is 3. The van der Waals surface area contributed by atoms with Crippen LogP contribution in [0.2, 0.25) is 0 Å². The van der Waals surface area contributed by atoms with Gasteiger partial charge in [0.2, 0.25) is 9.70 Å². The summed E-state index contributed by atoms with van der Waals surface area (Å²) in [5.74, 6) is -0.386. The van der Waals surface area contributed by atoms with Crippen LogP contribution in [0.3, 0.4) is 0 Å². The maximum Gasteiger partial charge on any atom is 0.411 e.